The first kappa shape index (κ1) is 13.6. The molecule has 6 heteroatoms. The maximum Gasteiger partial charge on any atom is 0.328 e. The number of hydrogen-bond donors (Lipinski definition) is 0. The third kappa shape index (κ3) is 1.27. The smallest absolute Gasteiger partial charge is 0.239 e. The predicted molar refractivity (Wildman–Crippen MR) is 65.9 cm³/mol. The molecule has 1 saturated carbocycles. The number of allylic oxidation sites excluding steroid dienone is 2. The molecule has 3 rings (SSSR count). The third-order valence-corrected chi connectivity index (χ3v) is 4.35. The highest BCUT2D eigenvalue weighted by molar-refractivity contribution is 9.11. The zero-order valence-electron chi connectivity index (χ0n) is 9.73. The van der Waals surface area contributed by atoms with E-state index in [1.54, 1.807) is 6.07 Å². The molecule has 0 bridgehead atoms. The minimum absolute atomic E-state index is 0.223. The van der Waals surface area contributed by atoms with Crippen LogP contribution in [0.5, 0.6) is 0 Å². The Kier molecular flexibility index (Phi) is 2.62. The van der Waals surface area contributed by atoms with Gasteiger partial charge in [0, 0.05) is 0 Å². The van der Waals surface area contributed by atoms with Gasteiger partial charge in [0.15, 0.2) is 6.17 Å². The van der Waals surface area contributed by atoms with Crippen LogP contribution in [0.1, 0.15) is 5.56 Å². The molecule has 0 nitrogen and oxygen atoms in total. The third-order valence-electron chi connectivity index (χ3n) is 3.65. The van der Waals surface area contributed by atoms with Gasteiger partial charge in [-0.25, -0.2) is 13.2 Å². The van der Waals surface area contributed by atoms with Gasteiger partial charge in [-0.05, 0) is 21.5 Å². The zero-order chi connectivity index (χ0) is 14.8. The van der Waals surface area contributed by atoms with E-state index in [4.69, 9.17) is 0 Å². The highest BCUT2D eigenvalue weighted by atomic mass is 79.9. The predicted octanol–water partition coefficient (Wildman–Crippen LogP) is 4.52. The molecule has 3 atom stereocenters. The van der Waals surface area contributed by atoms with Crippen LogP contribution in [0.3, 0.4) is 0 Å². The molecule has 0 aliphatic heterocycles. The fraction of sp³-hybridized carbons (Fsp3) is 0.286. The van der Waals surface area contributed by atoms with Crippen LogP contribution in [0.2, 0.25) is 0 Å². The SMILES string of the molecule is FC1C(F)(c2ccccc2)C2=C=C=C(Br)C(F)(F)C21F. The molecule has 3 unspecified atom stereocenters. The molecule has 1 aromatic carbocycles. The molecule has 2 aliphatic carbocycles. The van der Waals surface area contributed by atoms with Crippen LogP contribution in [-0.4, -0.2) is 17.8 Å². The van der Waals surface area contributed by atoms with Gasteiger partial charge in [-0.1, -0.05) is 41.8 Å². The molecule has 0 radical (unpaired) electrons. The van der Waals surface area contributed by atoms with E-state index in [1.807, 2.05) is 11.5 Å². The molecule has 1 aromatic rings. The lowest BCUT2D eigenvalue weighted by Gasteiger charge is -2.53. The lowest BCUT2D eigenvalue weighted by atomic mass is 9.57. The van der Waals surface area contributed by atoms with Gasteiger partial charge in [-0.3, -0.25) is 0 Å². The molecule has 0 N–H and O–H groups in total. The second-order valence-electron chi connectivity index (χ2n) is 4.67. The summed E-state index contributed by atoms with van der Waals surface area (Å²) >= 11 is 2.42. The summed E-state index contributed by atoms with van der Waals surface area (Å²) in [5.74, 6) is -4.21. The van der Waals surface area contributed by atoms with E-state index >= 15 is 0 Å². The van der Waals surface area contributed by atoms with Crippen LogP contribution >= 0.6 is 15.9 Å². The van der Waals surface area contributed by atoms with Crippen molar-refractivity contribution in [2.45, 2.75) is 23.4 Å². The van der Waals surface area contributed by atoms with Crippen molar-refractivity contribution in [2.75, 3.05) is 0 Å². The van der Waals surface area contributed by atoms with E-state index in [0.717, 1.165) is 0 Å². The molecular weight excluding hydrogens is 343 g/mol. The van der Waals surface area contributed by atoms with Gasteiger partial charge >= 0.3 is 5.92 Å². The van der Waals surface area contributed by atoms with Crippen LogP contribution in [0.4, 0.5) is 22.0 Å². The number of rotatable bonds is 1. The monoisotopic (exact) mass is 348 g/mol. The van der Waals surface area contributed by atoms with E-state index in [9.17, 15) is 22.0 Å². The standard InChI is InChI=1S/C14H6BrF5/c15-10-7-6-9-12(17,8-4-2-1-3-5-8)11(16)13(9,18)14(10,19)20/h1-5,11H. The first-order valence-corrected chi connectivity index (χ1v) is 6.44. The highest BCUT2D eigenvalue weighted by Gasteiger charge is 2.83. The fourth-order valence-corrected chi connectivity index (χ4v) is 2.93. The first-order chi connectivity index (χ1) is 9.27. The summed E-state index contributed by atoms with van der Waals surface area (Å²) in [6.45, 7) is 0. The van der Waals surface area contributed by atoms with E-state index in [0.29, 0.717) is 0 Å². The Morgan fingerprint density at radius 3 is 2.20 bits per heavy atom. The van der Waals surface area contributed by atoms with Crippen molar-refractivity contribution in [3.63, 3.8) is 0 Å². The van der Waals surface area contributed by atoms with Crippen LogP contribution in [-0.2, 0) is 5.67 Å². The van der Waals surface area contributed by atoms with E-state index in [1.165, 1.54) is 24.3 Å². The van der Waals surface area contributed by atoms with Gasteiger partial charge < -0.3 is 0 Å². The van der Waals surface area contributed by atoms with Crippen molar-refractivity contribution >= 4 is 15.9 Å². The van der Waals surface area contributed by atoms with Gasteiger partial charge in [-0.15, -0.1) is 0 Å². The van der Waals surface area contributed by atoms with E-state index in [2.05, 4.69) is 15.9 Å². The Morgan fingerprint density at radius 1 is 1.00 bits per heavy atom. The van der Waals surface area contributed by atoms with Crippen LogP contribution in [0.15, 0.2) is 51.8 Å². The maximum absolute atomic E-state index is 14.8. The number of fused-ring (bicyclic) bond motifs is 1. The average Bonchev–Trinajstić information content (AvgIpc) is 2.45. The molecule has 0 aromatic heterocycles. The molecule has 0 heterocycles. The molecular formula is C14H6BrF5. The van der Waals surface area contributed by atoms with Crippen molar-refractivity contribution in [2.24, 2.45) is 0 Å². The number of hydrogen-bond acceptors (Lipinski definition) is 0. The van der Waals surface area contributed by atoms with E-state index in [-0.39, 0.29) is 5.56 Å². The van der Waals surface area contributed by atoms with Gasteiger partial charge in [0.2, 0.25) is 11.3 Å². The summed E-state index contributed by atoms with van der Waals surface area (Å²) in [7, 11) is 0. The Hall–Kier alpha value is -1.35. The number of halogens is 6. The Morgan fingerprint density at radius 2 is 1.60 bits per heavy atom. The van der Waals surface area contributed by atoms with Crippen molar-refractivity contribution in [3.8, 4) is 0 Å². The van der Waals surface area contributed by atoms with E-state index < -0.39 is 33.5 Å². The minimum atomic E-state index is -4.21. The lowest BCUT2D eigenvalue weighted by molar-refractivity contribution is -0.207. The second kappa shape index (κ2) is 3.85. The van der Waals surface area contributed by atoms with Crippen LogP contribution in [0.25, 0.3) is 0 Å². The van der Waals surface area contributed by atoms with Gasteiger partial charge in [0.05, 0.1) is 5.57 Å². The zero-order valence-corrected chi connectivity index (χ0v) is 11.3. The summed E-state index contributed by atoms with van der Waals surface area (Å²) in [4.78, 5) is 0. The Bertz CT molecular complexity index is 685. The lowest BCUT2D eigenvalue weighted by Crippen LogP contribution is -2.71. The molecule has 0 amide bonds. The Labute approximate surface area is 119 Å². The molecule has 2 aliphatic rings. The summed E-state index contributed by atoms with van der Waals surface area (Å²) in [5, 5.41) is 0. The minimum Gasteiger partial charge on any atom is -0.239 e. The molecule has 0 saturated heterocycles. The first-order valence-electron chi connectivity index (χ1n) is 5.65. The van der Waals surface area contributed by atoms with Gasteiger partial charge in [0.1, 0.15) is 4.48 Å². The highest BCUT2D eigenvalue weighted by Crippen LogP contribution is 2.66. The summed E-state index contributed by atoms with van der Waals surface area (Å²) < 4.78 is 69.9. The number of alkyl halides is 5. The van der Waals surface area contributed by atoms with Crippen molar-refractivity contribution in [1.29, 1.82) is 0 Å². The van der Waals surface area contributed by atoms with Crippen molar-refractivity contribution in [1.82, 2.24) is 0 Å². The van der Waals surface area contributed by atoms with Crippen molar-refractivity contribution < 1.29 is 22.0 Å². The second-order valence-corrected chi connectivity index (χ2v) is 5.46. The maximum atomic E-state index is 14.8. The van der Waals surface area contributed by atoms with Crippen molar-refractivity contribution in [3.05, 3.63) is 57.4 Å². The number of benzene rings is 1. The Balaban J connectivity index is 2.24. The average molecular weight is 349 g/mol. The van der Waals surface area contributed by atoms with Crippen LogP contribution in [0, 0.1) is 0 Å². The van der Waals surface area contributed by atoms with Crippen LogP contribution < -0.4 is 0 Å². The van der Waals surface area contributed by atoms with Gasteiger partial charge in [0.25, 0.3) is 0 Å². The molecule has 1 fully saturated rings. The van der Waals surface area contributed by atoms with Gasteiger partial charge in [-0.2, -0.15) is 8.78 Å². The molecule has 0 spiro atoms. The largest absolute Gasteiger partial charge is 0.328 e. The topological polar surface area (TPSA) is 0 Å². The molecule has 20 heavy (non-hydrogen) atoms. The summed E-state index contributed by atoms with van der Waals surface area (Å²) in [5.41, 5.74) is -4.04. The normalized spacial score (nSPS) is 37.6. The summed E-state index contributed by atoms with van der Waals surface area (Å²) in [6, 6.07) is 6.81. The molecule has 104 valence electrons. The quantitative estimate of drug-likeness (QED) is 0.517. The fourth-order valence-electron chi connectivity index (χ4n) is 2.54. The summed E-state index contributed by atoms with van der Waals surface area (Å²) in [6.07, 6.45) is -3.02.